The van der Waals surface area contributed by atoms with Gasteiger partial charge in [-0.1, -0.05) is 0 Å². The number of hydrogen-bond acceptors (Lipinski definition) is 0. The molecule has 0 saturated carbocycles. The minimum absolute atomic E-state index is 0. The molecule has 0 fully saturated rings. The predicted octanol–water partition coefficient (Wildman–Crippen LogP) is 2.97. The van der Waals surface area contributed by atoms with E-state index < -0.39 is 0 Å². The van der Waals surface area contributed by atoms with Crippen LogP contribution in [0.3, 0.4) is 0 Å². The second kappa shape index (κ2) is 18.1. The first-order valence-electron chi connectivity index (χ1n) is 3.82. The van der Waals surface area contributed by atoms with Crippen molar-refractivity contribution in [3.8, 4) is 0 Å². The van der Waals surface area contributed by atoms with E-state index in [1.807, 2.05) is 60.7 Å². The van der Waals surface area contributed by atoms with E-state index in [4.69, 9.17) is 0 Å². The maximum Gasteiger partial charge on any atom is 0 e. The standard InChI is InChI=1S/2C6H5.3Y/c2*1-2-4-6-5-3-1;;;/h2*1-5H;;;/q2*-1;;;. The molecule has 3 heteroatoms. The zero-order valence-electron chi connectivity index (χ0n) is 8.51. The Labute approximate surface area is 168 Å². The van der Waals surface area contributed by atoms with Gasteiger partial charge in [0.2, 0.25) is 0 Å². The molecule has 0 atom stereocenters. The van der Waals surface area contributed by atoms with E-state index >= 15 is 0 Å². The van der Waals surface area contributed by atoms with E-state index in [1.165, 1.54) is 0 Å². The fourth-order valence-electron chi connectivity index (χ4n) is 0.684. The van der Waals surface area contributed by atoms with Crippen molar-refractivity contribution in [2.45, 2.75) is 0 Å². The molecule has 0 nitrogen and oxygen atoms in total. The summed E-state index contributed by atoms with van der Waals surface area (Å²) in [6, 6.07) is 25.0. The average molecular weight is 421 g/mol. The third-order valence-electron chi connectivity index (χ3n) is 1.21. The van der Waals surface area contributed by atoms with Crippen molar-refractivity contribution in [3.63, 3.8) is 0 Å². The summed E-state index contributed by atoms with van der Waals surface area (Å²) in [6.07, 6.45) is 0. The van der Waals surface area contributed by atoms with Crippen molar-refractivity contribution >= 4 is 0 Å². The molecule has 3 radical (unpaired) electrons. The molecule has 69 valence electrons. The molecule has 15 heavy (non-hydrogen) atoms. The summed E-state index contributed by atoms with van der Waals surface area (Å²) >= 11 is 0. The second-order valence-electron chi connectivity index (χ2n) is 2.15. The Morgan fingerprint density at radius 1 is 0.400 bits per heavy atom. The van der Waals surface area contributed by atoms with Gasteiger partial charge >= 0.3 is 0 Å². The molecule has 0 amide bonds. The number of hydrogen-bond donors (Lipinski definition) is 0. The van der Waals surface area contributed by atoms with E-state index in [1.54, 1.807) is 0 Å². The summed E-state index contributed by atoms with van der Waals surface area (Å²) in [6.45, 7) is 0. The monoisotopic (exact) mass is 421 g/mol. The molecule has 2 rings (SSSR count). The van der Waals surface area contributed by atoms with E-state index in [0.717, 1.165) is 0 Å². The second-order valence-corrected chi connectivity index (χ2v) is 2.15. The normalized spacial score (nSPS) is 6.40. The van der Waals surface area contributed by atoms with E-state index in [0.29, 0.717) is 0 Å². The Morgan fingerprint density at radius 2 is 0.667 bits per heavy atom. The molecule has 2 aromatic carbocycles. The van der Waals surface area contributed by atoms with Gasteiger partial charge in [0, 0.05) is 98.1 Å². The molecule has 0 unspecified atom stereocenters. The van der Waals surface area contributed by atoms with Crippen LogP contribution in [0.5, 0.6) is 0 Å². The Balaban J connectivity index is -0.000000160. The Bertz CT molecular complexity index is 186. The van der Waals surface area contributed by atoms with Crippen LogP contribution in [0.15, 0.2) is 60.7 Å². The van der Waals surface area contributed by atoms with Crippen molar-refractivity contribution < 1.29 is 98.1 Å². The topological polar surface area (TPSA) is 0 Å². The number of rotatable bonds is 0. The van der Waals surface area contributed by atoms with E-state index in [2.05, 4.69) is 12.1 Å². The molecule has 0 spiro atoms. The third-order valence-corrected chi connectivity index (χ3v) is 1.21. The van der Waals surface area contributed by atoms with Crippen LogP contribution in [0.25, 0.3) is 0 Å². The van der Waals surface area contributed by atoms with Crippen LogP contribution in [0.1, 0.15) is 0 Å². The van der Waals surface area contributed by atoms with Gasteiger partial charge in [-0.05, 0) is 0 Å². The molecule has 0 heterocycles. The van der Waals surface area contributed by atoms with E-state index in [9.17, 15) is 0 Å². The predicted molar refractivity (Wildman–Crippen MR) is 50.6 cm³/mol. The van der Waals surface area contributed by atoms with Crippen molar-refractivity contribution in [1.82, 2.24) is 0 Å². The minimum Gasteiger partial charge on any atom is -0.184 e. The van der Waals surface area contributed by atoms with Crippen LogP contribution in [-0.2, 0) is 98.1 Å². The van der Waals surface area contributed by atoms with Crippen molar-refractivity contribution in [2.75, 3.05) is 0 Å². The van der Waals surface area contributed by atoms with Gasteiger partial charge in [-0.3, -0.25) is 0 Å². The van der Waals surface area contributed by atoms with Crippen LogP contribution in [-0.4, -0.2) is 0 Å². The van der Waals surface area contributed by atoms with Gasteiger partial charge < -0.3 is 0 Å². The van der Waals surface area contributed by atoms with Gasteiger partial charge in [0.25, 0.3) is 0 Å². The first-order valence-corrected chi connectivity index (χ1v) is 3.82. The fraction of sp³-hybridized carbons (Fsp3) is 0. The van der Waals surface area contributed by atoms with Gasteiger partial charge in [0.05, 0.1) is 0 Å². The maximum absolute atomic E-state index is 2.89. The van der Waals surface area contributed by atoms with Gasteiger partial charge in [0.1, 0.15) is 0 Å². The molecule has 0 aliphatic rings. The summed E-state index contributed by atoms with van der Waals surface area (Å²) in [4.78, 5) is 0. The van der Waals surface area contributed by atoms with Crippen molar-refractivity contribution in [3.05, 3.63) is 72.8 Å². The van der Waals surface area contributed by atoms with Gasteiger partial charge in [-0.25, -0.2) is 0 Å². The summed E-state index contributed by atoms with van der Waals surface area (Å²) in [5.74, 6) is 0. The van der Waals surface area contributed by atoms with Crippen molar-refractivity contribution in [2.24, 2.45) is 0 Å². The molecule has 0 N–H and O–H groups in total. The quantitative estimate of drug-likeness (QED) is 0.575. The van der Waals surface area contributed by atoms with Crippen molar-refractivity contribution in [1.29, 1.82) is 0 Å². The first kappa shape index (κ1) is 22.0. The molecular formula is C12H10Y3-2. The largest absolute Gasteiger partial charge is 0.184 e. The van der Waals surface area contributed by atoms with Gasteiger partial charge in [0.15, 0.2) is 0 Å². The summed E-state index contributed by atoms with van der Waals surface area (Å²) in [5, 5.41) is 0. The number of benzene rings is 2. The summed E-state index contributed by atoms with van der Waals surface area (Å²) in [5.41, 5.74) is 0. The van der Waals surface area contributed by atoms with Crippen LogP contribution >= 0.6 is 0 Å². The molecule has 0 aliphatic carbocycles. The Morgan fingerprint density at radius 3 is 0.733 bits per heavy atom. The molecule has 0 saturated heterocycles. The zero-order valence-corrected chi connectivity index (χ0v) is 17.0. The van der Waals surface area contributed by atoms with E-state index in [-0.39, 0.29) is 98.1 Å². The van der Waals surface area contributed by atoms with Crippen LogP contribution in [0, 0.1) is 12.1 Å². The van der Waals surface area contributed by atoms with Gasteiger partial charge in [-0.15, -0.1) is 0 Å². The van der Waals surface area contributed by atoms with Crippen LogP contribution < -0.4 is 0 Å². The minimum atomic E-state index is 0. The van der Waals surface area contributed by atoms with Gasteiger partial charge in [-0.2, -0.15) is 72.8 Å². The molecular weight excluding hydrogens is 411 g/mol. The average Bonchev–Trinajstić information content (AvgIpc) is 2.24. The molecule has 0 aliphatic heterocycles. The fourth-order valence-corrected chi connectivity index (χ4v) is 0.684. The molecule has 0 bridgehead atoms. The van der Waals surface area contributed by atoms with Crippen LogP contribution in [0.4, 0.5) is 0 Å². The summed E-state index contributed by atoms with van der Waals surface area (Å²) < 4.78 is 0. The summed E-state index contributed by atoms with van der Waals surface area (Å²) in [7, 11) is 0. The smallest absolute Gasteiger partial charge is 0 e. The Hall–Kier alpha value is 1.75. The molecule has 0 aromatic heterocycles. The molecule has 2 aromatic rings. The third kappa shape index (κ3) is 15.8. The zero-order chi connectivity index (χ0) is 8.49. The van der Waals surface area contributed by atoms with Crippen LogP contribution in [0.2, 0.25) is 0 Å². The maximum atomic E-state index is 2.89. The first-order chi connectivity index (χ1) is 6.00. The Kier molecular flexibility index (Phi) is 26.6. The SMILES string of the molecule is [Y].[Y].[Y].[c-]1ccccc1.[c-]1ccccc1.